The Hall–Kier alpha value is -2.86. The first-order chi connectivity index (χ1) is 15.1. The number of rotatable bonds is 5. The first-order valence-electron chi connectivity index (χ1n) is 10.5. The molecule has 1 aliphatic heterocycles. The highest BCUT2D eigenvalue weighted by Crippen LogP contribution is 2.47. The number of carbonyl (C=O) groups excluding carboxylic acids is 1. The number of carbonyl (C=O) groups is 1. The fourth-order valence-corrected chi connectivity index (χ4v) is 4.84. The lowest BCUT2D eigenvalue weighted by atomic mass is 9.98. The third-order valence-corrected chi connectivity index (χ3v) is 6.61. The molecule has 1 fully saturated rings. The lowest BCUT2D eigenvalue weighted by molar-refractivity contribution is 0.0601. The molecule has 0 radical (unpaired) electrons. The number of esters is 1. The molecule has 1 unspecified atom stereocenters. The largest absolute Gasteiger partial charge is 0.465 e. The number of hydrogen-bond donors (Lipinski definition) is 0. The van der Waals surface area contributed by atoms with Crippen LogP contribution < -0.4 is 9.80 Å². The van der Waals surface area contributed by atoms with Crippen LogP contribution in [0.1, 0.15) is 28.8 Å². The van der Waals surface area contributed by atoms with Crippen LogP contribution in [0.3, 0.4) is 0 Å². The smallest absolute Gasteiger partial charge is 0.338 e. The summed E-state index contributed by atoms with van der Waals surface area (Å²) >= 11 is 3.56. The van der Waals surface area contributed by atoms with Crippen molar-refractivity contribution < 1.29 is 9.53 Å². The first kappa shape index (κ1) is 20.1. The highest BCUT2D eigenvalue weighted by Gasteiger charge is 2.44. The van der Waals surface area contributed by atoms with Crippen LogP contribution >= 0.6 is 15.9 Å². The molecule has 2 heterocycles. The van der Waals surface area contributed by atoms with Crippen molar-refractivity contribution in [3.63, 3.8) is 0 Å². The second-order valence-corrected chi connectivity index (χ2v) is 9.14. The topological polar surface area (TPSA) is 45.7 Å². The third kappa shape index (κ3) is 3.69. The van der Waals surface area contributed by atoms with E-state index >= 15 is 0 Å². The molecule has 0 bridgehead atoms. The molecule has 0 amide bonds. The van der Waals surface area contributed by atoms with E-state index < -0.39 is 0 Å². The maximum atomic E-state index is 12.1. The summed E-state index contributed by atoms with van der Waals surface area (Å²) in [7, 11) is 3.58. The van der Waals surface area contributed by atoms with Gasteiger partial charge in [-0.15, -0.1) is 0 Å². The van der Waals surface area contributed by atoms with Gasteiger partial charge in [0, 0.05) is 24.3 Å². The van der Waals surface area contributed by atoms with Gasteiger partial charge < -0.3 is 14.5 Å². The second-order valence-electron chi connectivity index (χ2n) is 8.22. The zero-order valence-electron chi connectivity index (χ0n) is 17.6. The van der Waals surface area contributed by atoms with E-state index in [1.165, 1.54) is 31.2 Å². The fraction of sp³-hybridized carbons (Fsp3) is 0.280. The van der Waals surface area contributed by atoms with Crippen LogP contribution in [0.15, 0.2) is 65.3 Å². The SMILES string of the molecule is COC(=O)c1ccccc1-c1ccc(CN2c3ncc(Br)cc3N(C)C2C2CC2)cc1. The van der Waals surface area contributed by atoms with Gasteiger partial charge in [-0.3, -0.25) is 0 Å². The van der Waals surface area contributed by atoms with Crippen molar-refractivity contribution >= 4 is 33.4 Å². The van der Waals surface area contributed by atoms with E-state index in [2.05, 4.69) is 63.1 Å². The molecule has 5 nitrogen and oxygen atoms in total. The molecule has 3 aromatic rings. The quantitative estimate of drug-likeness (QED) is 0.454. The number of nitrogens with zero attached hydrogens (tertiary/aromatic N) is 3. The van der Waals surface area contributed by atoms with Crippen molar-refractivity contribution in [3.05, 3.63) is 76.4 Å². The van der Waals surface area contributed by atoms with E-state index in [-0.39, 0.29) is 5.97 Å². The minimum Gasteiger partial charge on any atom is -0.465 e. The summed E-state index contributed by atoms with van der Waals surface area (Å²) < 4.78 is 5.94. The molecule has 1 aromatic heterocycles. The van der Waals surface area contributed by atoms with Crippen LogP contribution in [0.5, 0.6) is 0 Å². The molecule has 1 aliphatic carbocycles. The van der Waals surface area contributed by atoms with Crippen LogP contribution in [-0.2, 0) is 11.3 Å². The lowest BCUT2D eigenvalue weighted by Gasteiger charge is -2.30. The van der Waals surface area contributed by atoms with Crippen LogP contribution in [0.2, 0.25) is 0 Å². The monoisotopic (exact) mass is 477 g/mol. The molecular formula is C25H24BrN3O2. The zero-order valence-corrected chi connectivity index (χ0v) is 19.2. The molecule has 1 saturated carbocycles. The van der Waals surface area contributed by atoms with Gasteiger partial charge in [-0.25, -0.2) is 9.78 Å². The molecule has 2 aromatic carbocycles. The fourth-order valence-electron chi connectivity index (χ4n) is 4.52. The van der Waals surface area contributed by atoms with Crippen LogP contribution in [0.4, 0.5) is 11.5 Å². The van der Waals surface area contributed by atoms with Gasteiger partial charge in [0.05, 0.1) is 18.4 Å². The number of pyridine rings is 1. The molecule has 158 valence electrons. The summed E-state index contributed by atoms with van der Waals surface area (Å²) in [6, 6.07) is 18.2. The van der Waals surface area contributed by atoms with E-state index in [1.54, 1.807) is 6.07 Å². The normalized spacial score (nSPS) is 17.6. The van der Waals surface area contributed by atoms with Gasteiger partial charge in [-0.2, -0.15) is 0 Å². The number of methoxy groups -OCH3 is 1. The van der Waals surface area contributed by atoms with Crippen LogP contribution in [0.25, 0.3) is 11.1 Å². The molecular weight excluding hydrogens is 454 g/mol. The van der Waals surface area contributed by atoms with Gasteiger partial charge in [0.2, 0.25) is 0 Å². The minimum atomic E-state index is -0.319. The zero-order chi connectivity index (χ0) is 21.5. The van der Waals surface area contributed by atoms with Gasteiger partial charge in [0.1, 0.15) is 6.17 Å². The van der Waals surface area contributed by atoms with Crippen molar-refractivity contribution in [3.8, 4) is 11.1 Å². The lowest BCUT2D eigenvalue weighted by Crippen LogP contribution is -2.42. The van der Waals surface area contributed by atoms with Crippen molar-refractivity contribution in [2.75, 3.05) is 24.0 Å². The maximum absolute atomic E-state index is 12.1. The number of hydrogen-bond acceptors (Lipinski definition) is 5. The van der Waals surface area contributed by atoms with Gasteiger partial charge in [0.15, 0.2) is 5.82 Å². The van der Waals surface area contributed by atoms with Crippen molar-refractivity contribution in [2.45, 2.75) is 25.6 Å². The Kier molecular flexibility index (Phi) is 5.18. The summed E-state index contributed by atoms with van der Waals surface area (Å²) in [4.78, 5) is 21.7. The van der Waals surface area contributed by atoms with Gasteiger partial charge in [-0.1, -0.05) is 42.5 Å². The first-order valence-corrected chi connectivity index (χ1v) is 11.3. The van der Waals surface area contributed by atoms with Crippen molar-refractivity contribution in [2.24, 2.45) is 5.92 Å². The van der Waals surface area contributed by atoms with E-state index in [0.717, 1.165) is 28.0 Å². The molecule has 0 spiro atoms. The van der Waals surface area contributed by atoms with E-state index in [0.29, 0.717) is 17.6 Å². The molecule has 0 saturated heterocycles. The highest BCUT2D eigenvalue weighted by atomic mass is 79.9. The number of ether oxygens (including phenoxy) is 1. The van der Waals surface area contributed by atoms with E-state index in [1.807, 2.05) is 24.4 Å². The Bertz CT molecular complexity index is 1130. The summed E-state index contributed by atoms with van der Waals surface area (Å²) in [5.41, 5.74) is 4.86. The predicted octanol–water partition coefficient (Wildman–Crippen LogP) is 5.49. The average Bonchev–Trinajstić information content (AvgIpc) is 3.60. The minimum absolute atomic E-state index is 0.319. The van der Waals surface area contributed by atoms with Gasteiger partial charge in [0.25, 0.3) is 0 Å². The van der Waals surface area contributed by atoms with Gasteiger partial charge in [-0.05, 0) is 63.5 Å². The third-order valence-electron chi connectivity index (χ3n) is 6.18. The molecule has 5 rings (SSSR count). The predicted molar refractivity (Wildman–Crippen MR) is 126 cm³/mol. The van der Waals surface area contributed by atoms with E-state index in [9.17, 15) is 4.79 Å². The molecule has 31 heavy (non-hydrogen) atoms. The average molecular weight is 478 g/mol. The molecule has 0 N–H and O–H groups in total. The summed E-state index contributed by atoms with van der Waals surface area (Å²) in [5, 5.41) is 0. The number of fused-ring (bicyclic) bond motifs is 1. The highest BCUT2D eigenvalue weighted by molar-refractivity contribution is 9.10. The number of aromatic nitrogens is 1. The number of benzene rings is 2. The number of halogens is 1. The van der Waals surface area contributed by atoms with Crippen molar-refractivity contribution in [1.82, 2.24) is 4.98 Å². The summed E-state index contributed by atoms with van der Waals surface area (Å²) in [6.45, 7) is 0.798. The Morgan fingerprint density at radius 3 is 2.61 bits per heavy atom. The number of anilines is 2. The summed E-state index contributed by atoms with van der Waals surface area (Å²) in [6.07, 6.45) is 4.76. The van der Waals surface area contributed by atoms with E-state index in [4.69, 9.17) is 9.72 Å². The van der Waals surface area contributed by atoms with Crippen molar-refractivity contribution in [1.29, 1.82) is 0 Å². The van der Waals surface area contributed by atoms with Gasteiger partial charge >= 0.3 is 5.97 Å². The van der Waals surface area contributed by atoms with Crippen LogP contribution in [-0.4, -0.2) is 31.3 Å². The Labute approximate surface area is 190 Å². The molecule has 2 aliphatic rings. The summed E-state index contributed by atoms with van der Waals surface area (Å²) in [5.74, 6) is 1.41. The van der Waals surface area contributed by atoms with Crippen LogP contribution in [0, 0.1) is 5.92 Å². The molecule has 1 atom stereocenters. The standard InChI is InChI=1S/C25H24BrN3O2/c1-28-22-13-19(26)14-27-23(22)29(24(28)18-11-12-18)15-16-7-9-17(10-8-16)20-5-3-4-6-21(20)25(30)31-2/h3-10,13-14,18,24H,11-12,15H2,1-2H3. The Balaban J connectivity index is 1.43. The second kappa shape index (κ2) is 8.00. The maximum Gasteiger partial charge on any atom is 0.338 e. The Morgan fingerprint density at radius 2 is 1.90 bits per heavy atom. The molecule has 6 heteroatoms. The Morgan fingerprint density at radius 1 is 1.16 bits per heavy atom.